The highest BCUT2D eigenvalue weighted by molar-refractivity contribution is 6.14. The van der Waals surface area contributed by atoms with Crippen molar-refractivity contribution in [2.75, 3.05) is 0 Å². The molecule has 0 unspecified atom stereocenters. The van der Waals surface area contributed by atoms with Gasteiger partial charge in [0.1, 0.15) is 0 Å². The second-order valence-electron chi connectivity index (χ2n) is 5.51. The van der Waals surface area contributed by atoms with Gasteiger partial charge in [-0.15, -0.1) is 0 Å². The summed E-state index contributed by atoms with van der Waals surface area (Å²) in [4.78, 5) is 24.4. The van der Waals surface area contributed by atoms with E-state index >= 15 is 0 Å². The molecule has 110 valence electrons. The number of rotatable bonds is 1. The second kappa shape index (κ2) is 4.34. The maximum absolute atomic E-state index is 12.2. The first-order valence-corrected chi connectivity index (χ1v) is 7.27. The molecule has 4 rings (SSSR count). The van der Waals surface area contributed by atoms with E-state index in [1.54, 1.807) is 0 Å². The van der Waals surface area contributed by atoms with E-state index in [1.807, 2.05) is 44.3 Å². The number of fused-ring (bicyclic) bond motifs is 4. The fourth-order valence-corrected chi connectivity index (χ4v) is 3.46. The van der Waals surface area contributed by atoms with Crippen LogP contribution in [0.2, 0.25) is 0 Å². The Morgan fingerprint density at radius 1 is 1.00 bits per heavy atom. The molecule has 2 N–H and O–H groups in total. The van der Waals surface area contributed by atoms with E-state index in [1.165, 1.54) is 0 Å². The molecule has 0 bridgehead atoms. The molecule has 5 heteroatoms. The summed E-state index contributed by atoms with van der Waals surface area (Å²) in [7, 11) is 2.00. The molecule has 22 heavy (non-hydrogen) atoms. The van der Waals surface area contributed by atoms with Crippen LogP contribution in [0.5, 0.6) is 0 Å². The lowest BCUT2D eigenvalue weighted by Gasteiger charge is -2.08. The monoisotopic (exact) mass is 293 g/mol. The van der Waals surface area contributed by atoms with Gasteiger partial charge in [-0.1, -0.05) is 25.1 Å². The summed E-state index contributed by atoms with van der Waals surface area (Å²) in [5.74, 6) is 0. The average molecular weight is 293 g/mol. The molecule has 4 aromatic rings. The van der Waals surface area contributed by atoms with Crippen molar-refractivity contribution in [3.8, 4) is 0 Å². The van der Waals surface area contributed by atoms with Gasteiger partial charge in [0.15, 0.2) is 0 Å². The maximum atomic E-state index is 12.2. The number of H-pyrrole nitrogens is 2. The minimum atomic E-state index is -0.265. The lowest BCUT2D eigenvalue weighted by Crippen LogP contribution is -2.20. The molecule has 2 aromatic heterocycles. The van der Waals surface area contributed by atoms with E-state index in [0.29, 0.717) is 17.2 Å². The highest BCUT2D eigenvalue weighted by atomic mass is 16.1. The highest BCUT2D eigenvalue weighted by Gasteiger charge is 2.17. The number of nitrogens with one attached hydrogen (secondary N) is 2. The highest BCUT2D eigenvalue weighted by Crippen LogP contribution is 2.33. The molecule has 0 aliphatic heterocycles. The van der Waals surface area contributed by atoms with Crippen LogP contribution < -0.4 is 11.1 Å². The number of para-hydroxylation sites is 1. The third-order valence-corrected chi connectivity index (χ3v) is 4.41. The maximum Gasteiger partial charge on any atom is 0.270 e. The molecule has 2 heterocycles. The van der Waals surface area contributed by atoms with E-state index in [0.717, 1.165) is 27.4 Å². The molecule has 0 spiro atoms. The summed E-state index contributed by atoms with van der Waals surface area (Å²) in [6, 6.07) is 9.91. The number of hydrogen-bond acceptors (Lipinski definition) is 2. The average Bonchev–Trinajstić information content (AvgIpc) is 2.83. The van der Waals surface area contributed by atoms with Crippen molar-refractivity contribution in [3.63, 3.8) is 0 Å². The smallest absolute Gasteiger partial charge is 0.270 e. The summed E-state index contributed by atoms with van der Waals surface area (Å²) >= 11 is 0. The zero-order valence-electron chi connectivity index (χ0n) is 12.4. The van der Waals surface area contributed by atoms with Crippen molar-refractivity contribution in [3.05, 3.63) is 56.6 Å². The molecule has 5 nitrogen and oxygen atoms in total. The Balaban J connectivity index is 2.45. The van der Waals surface area contributed by atoms with Crippen LogP contribution in [0, 0.1) is 0 Å². The van der Waals surface area contributed by atoms with Crippen LogP contribution in [0.15, 0.2) is 39.9 Å². The molecular weight excluding hydrogens is 278 g/mol. The molecule has 0 aliphatic carbocycles. The van der Waals surface area contributed by atoms with Crippen molar-refractivity contribution in [1.82, 2.24) is 14.8 Å². The molecular formula is C17H15N3O2. The zero-order chi connectivity index (χ0) is 15.4. The van der Waals surface area contributed by atoms with Crippen LogP contribution in [0.3, 0.4) is 0 Å². The summed E-state index contributed by atoms with van der Waals surface area (Å²) < 4.78 is 2.10. The van der Waals surface area contributed by atoms with Gasteiger partial charge >= 0.3 is 0 Å². The van der Waals surface area contributed by atoms with Crippen LogP contribution in [0.4, 0.5) is 0 Å². The van der Waals surface area contributed by atoms with Gasteiger partial charge in [0, 0.05) is 23.3 Å². The van der Waals surface area contributed by atoms with Gasteiger partial charge in [0.25, 0.3) is 11.1 Å². The predicted octanol–water partition coefficient (Wildman–Crippen LogP) is 2.42. The first kappa shape index (κ1) is 12.9. The van der Waals surface area contributed by atoms with E-state index in [2.05, 4.69) is 14.8 Å². The quantitative estimate of drug-likeness (QED) is 0.566. The van der Waals surface area contributed by atoms with Gasteiger partial charge in [-0.25, -0.2) is 0 Å². The number of aromatic nitrogens is 3. The lowest BCUT2D eigenvalue weighted by molar-refractivity contribution is 0.967. The van der Waals surface area contributed by atoms with Gasteiger partial charge in [-0.2, -0.15) is 0 Å². The van der Waals surface area contributed by atoms with Crippen LogP contribution in [-0.2, 0) is 13.5 Å². The summed E-state index contributed by atoms with van der Waals surface area (Å²) in [5, 5.41) is 7.89. The Bertz CT molecular complexity index is 1160. The third kappa shape index (κ3) is 1.48. The largest absolute Gasteiger partial charge is 0.343 e. The van der Waals surface area contributed by atoms with Gasteiger partial charge in [-0.3, -0.25) is 19.8 Å². The standard InChI is InChI=1S/C17H15N3O2/c1-3-9-14-12(16(21)18-19-17(14)22)8-11-10-6-4-5-7-13(10)20(2)15(9)11/h4-8H,3H2,1-2H3,(H,18,21)(H,19,22). The van der Waals surface area contributed by atoms with Gasteiger partial charge in [-0.05, 0) is 24.1 Å². The molecule has 0 amide bonds. The number of nitrogens with zero attached hydrogens (tertiary/aromatic N) is 1. The van der Waals surface area contributed by atoms with Crippen LogP contribution in [-0.4, -0.2) is 14.8 Å². The lowest BCUT2D eigenvalue weighted by atomic mass is 10.0. The van der Waals surface area contributed by atoms with E-state index < -0.39 is 0 Å². The Labute approximate surface area is 125 Å². The number of hydrogen-bond donors (Lipinski definition) is 2. The topological polar surface area (TPSA) is 70.7 Å². The van der Waals surface area contributed by atoms with Crippen molar-refractivity contribution in [1.29, 1.82) is 0 Å². The molecule has 0 radical (unpaired) electrons. The molecule has 0 saturated carbocycles. The Kier molecular flexibility index (Phi) is 2.54. The van der Waals surface area contributed by atoms with E-state index in [9.17, 15) is 9.59 Å². The fraction of sp³-hybridized carbons (Fsp3) is 0.176. The summed E-state index contributed by atoms with van der Waals surface area (Å²) in [6.45, 7) is 2.01. The Hall–Kier alpha value is -2.82. The normalized spacial score (nSPS) is 11.7. The Morgan fingerprint density at radius 2 is 1.73 bits per heavy atom. The van der Waals surface area contributed by atoms with E-state index in [4.69, 9.17) is 0 Å². The van der Waals surface area contributed by atoms with Crippen molar-refractivity contribution < 1.29 is 0 Å². The van der Waals surface area contributed by atoms with E-state index in [-0.39, 0.29) is 11.1 Å². The summed E-state index contributed by atoms with van der Waals surface area (Å²) in [5.41, 5.74) is 2.51. The van der Waals surface area contributed by atoms with Crippen molar-refractivity contribution >= 4 is 32.6 Å². The van der Waals surface area contributed by atoms with Crippen LogP contribution >= 0.6 is 0 Å². The summed E-state index contributed by atoms with van der Waals surface area (Å²) in [6.07, 6.45) is 0.685. The molecule has 0 saturated heterocycles. The fourth-order valence-electron chi connectivity index (χ4n) is 3.46. The number of aryl methyl sites for hydroxylation is 2. The number of benzene rings is 2. The third-order valence-electron chi connectivity index (χ3n) is 4.41. The minimum Gasteiger partial charge on any atom is -0.343 e. The predicted molar refractivity (Wildman–Crippen MR) is 88.6 cm³/mol. The van der Waals surface area contributed by atoms with Gasteiger partial charge < -0.3 is 4.57 Å². The molecule has 0 fully saturated rings. The Morgan fingerprint density at radius 3 is 2.50 bits per heavy atom. The first-order valence-electron chi connectivity index (χ1n) is 7.27. The minimum absolute atomic E-state index is 0.251. The first-order chi connectivity index (χ1) is 10.6. The SMILES string of the molecule is CCc1c2c(=O)[nH][nH]c(=O)c2cc2c3ccccc3n(C)c12. The van der Waals surface area contributed by atoms with Crippen molar-refractivity contribution in [2.24, 2.45) is 7.05 Å². The molecule has 0 aliphatic rings. The van der Waals surface area contributed by atoms with Crippen LogP contribution in [0.1, 0.15) is 12.5 Å². The molecule has 2 aromatic carbocycles. The van der Waals surface area contributed by atoms with Gasteiger partial charge in [0.05, 0.1) is 16.3 Å². The second-order valence-corrected chi connectivity index (χ2v) is 5.51. The number of aromatic amines is 2. The van der Waals surface area contributed by atoms with Gasteiger partial charge in [0.2, 0.25) is 0 Å². The van der Waals surface area contributed by atoms with Crippen molar-refractivity contribution in [2.45, 2.75) is 13.3 Å². The zero-order valence-corrected chi connectivity index (χ0v) is 12.4. The van der Waals surface area contributed by atoms with Crippen LogP contribution in [0.25, 0.3) is 32.6 Å². The molecule has 0 atom stereocenters.